The normalized spacial score (nSPS) is 18.1. The fraction of sp³-hybridized carbons (Fsp3) is 0.533. The van der Waals surface area contributed by atoms with E-state index < -0.39 is 11.7 Å². The number of benzene rings is 1. The van der Waals surface area contributed by atoms with E-state index >= 15 is 0 Å². The molecule has 0 radical (unpaired) electrons. The lowest BCUT2D eigenvalue weighted by Crippen LogP contribution is -2.40. The average molecular weight is 332 g/mol. The first-order valence-electron chi connectivity index (χ1n) is 7.34. The van der Waals surface area contributed by atoms with Crippen LogP contribution in [-0.2, 0) is 6.18 Å². The van der Waals surface area contributed by atoms with Crippen LogP contribution in [0.15, 0.2) is 24.3 Å². The second-order valence-corrected chi connectivity index (χ2v) is 5.36. The van der Waals surface area contributed by atoms with Gasteiger partial charge in [-0.15, -0.1) is 0 Å². The van der Waals surface area contributed by atoms with Crippen molar-refractivity contribution in [1.82, 2.24) is 10.2 Å². The highest BCUT2D eigenvalue weighted by Crippen LogP contribution is 2.35. The van der Waals surface area contributed by atoms with Crippen LogP contribution in [0.3, 0.4) is 0 Å². The summed E-state index contributed by atoms with van der Waals surface area (Å²) < 4.78 is 43.5. The smallest absolute Gasteiger partial charge is 0.419 e. The van der Waals surface area contributed by atoms with Crippen LogP contribution < -0.4 is 10.1 Å². The van der Waals surface area contributed by atoms with Crippen molar-refractivity contribution in [3.8, 4) is 5.75 Å². The first-order valence-corrected chi connectivity index (χ1v) is 7.34. The van der Waals surface area contributed by atoms with E-state index in [0.29, 0.717) is 13.1 Å². The summed E-state index contributed by atoms with van der Waals surface area (Å²) in [6, 6.07) is 4.66. The number of carbonyl (C=O) groups is 1. The maximum Gasteiger partial charge on any atom is 0.419 e. The molecule has 5 nitrogen and oxygen atoms in total. The van der Waals surface area contributed by atoms with Crippen molar-refractivity contribution in [2.24, 2.45) is 5.92 Å². The van der Waals surface area contributed by atoms with Crippen molar-refractivity contribution in [3.63, 3.8) is 0 Å². The van der Waals surface area contributed by atoms with Gasteiger partial charge in [0.15, 0.2) is 0 Å². The van der Waals surface area contributed by atoms with Crippen molar-refractivity contribution in [3.05, 3.63) is 29.8 Å². The number of carbonyl (C=O) groups excluding carboxylic acids is 1. The molecule has 0 spiro atoms. The summed E-state index contributed by atoms with van der Waals surface area (Å²) in [6.45, 7) is 1.14. The molecule has 2 N–H and O–H groups in total. The standard InChI is InChI=1S/C15H19F3N2O3/c16-15(17,18)12-3-1-2-4-13(12)23-8-6-19-14(22)20-7-5-11(9-20)10-21/h1-4,11,21H,5-10H2,(H,19,22). The number of alkyl halides is 3. The number of aliphatic hydroxyl groups is 1. The van der Waals surface area contributed by atoms with E-state index in [9.17, 15) is 18.0 Å². The number of urea groups is 1. The van der Waals surface area contributed by atoms with Crippen LogP contribution in [0.1, 0.15) is 12.0 Å². The van der Waals surface area contributed by atoms with E-state index in [2.05, 4.69) is 5.32 Å². The molecule has 1 aromatic carbocycles. The van der Waals surface area contributed by atoms with Crippen molar-refractivity contribution in [1.29, 1.82) is 0 Å². The van der Waals surface area contributed by atoms with E-state index in [0.717, 1.165) is 12.5 Å². The van der Waals surface area contributed by atoms with Gasteiger partial charge in [0.1, 0.15) is 12.4 Å². The lowest BCUT2D eigenvalue weighted by molar-refractivity contribution is -0.138. The lowest BCUT2D eigenvalue weighted by atomic mass is 10.1. The molecule has 1 aromatic rings. The number of aliphatic hydroxyl groups excluding tert-OH is 1. The highest BCUT2D eigenvalue weighted by Gasteiger charge is 2.34. The Hall–Kier alpha value is -1.96. The average Bonchev–Trinajstić information content (AvgIpc) is 3.00. The number of nitrogens with zero attached hydrogens (tertiary/aromatic N) is 1. The summed E-state index contributed by atoms with van der Waals surface area (Å²) in [6.07, 6.45) is -3.73. The molecule has 1 atom stereocenters. The van der Waals surface area contributed by atoms with Crippen LogP contribution in [0, 0.1) is 5.92 Å². The molecule has 23 heavy (non-hydrogen) atoms. The van der Waals surface area contributed by atoms with Gasteiger partial charge in [0, 0.05) is 25.6 Å². The third-order valence-electron chi connectivity index (χ3n) is 3.66. The number of nitrogens with one attached hydrogen (secondary N) is 1. The molecule has 1 heterocycles. The lowest BCUT2D eigenvalue weighted by Gasteiger charge is -2.18. The Labute approximate surface area is 132 Å². The van der Waals surface area contributed by atoms with Gasteiger partial charge in [-0.25, -0.2) is 4.79 Å². The van der Waals surface area contributed by atoms with Gasteiger partial charge in [0.25, 0.3) is 0 Å². The molecule has 8 heteroatoms. The van der Waals surface area contributed by atoms with Crippen LogP contribution in [0.5, 0.6) is 5.75 Å². The molecule has 128 valence electrons. The monoisotopic (exact) mass is 332 g/mol. The predicted octanol–water partition coefficient (Wildman–Crippen LogP) is 2.11. The molecule has 2 rings (SSSR count). The summed E-state index contributed by atoms with van der Waals surface area (Å²) in [5.41, 5.74) is -0.836. The third kappa shape index (κ3) is 4.75. The van der Waals surface area contributed by atoms with Gasteiger partial charge in [-0.3, -0.25) is 0 Å². The van der Waals surface area contributed by atoms with Gasteiger partial charge < -0.3 is 20.1 Å². The maximum absolute atomic E-state index is 12.8. The number of hydrogen-bond acceptors (Lipinski definition) is 3. The molecule has 0 aliphatic carbocycles. The van der Waals surface area contributed by atoms with Crippen molar-refractivity contribution in [2.45, 2.75) is 12.6 Å². The molecular formula is C15H19F3N2O3. The molecule has 1 aliphatic heterocycles. The minimum absolute atomic E-state index is 0.0428. The SMILES string of the molecule is O=C(NCCOc1ccccc1C(F)(F)F)N1CCC(CO)C1. The predicted molar refractivity (Wildman–Crippen MR) is 77.1 cm³/mol. The maximum atomic E-state index is 12.8. The number of rotatable bonds is 5. The summed E-state index contributed by atoms with van der Waals surface area (Å²) in [7, 11) is 0. The second-order valence-electron chi connectivity index (χ2n) is 5.36. The van der Waals surface area contributed by atoms with Gasteiger partial charge in [-0.2, -0.15) is 13.2 Å². The van der Waals surface area contributed by atoms with Gasteiger partial charge in [-0.1, -0.05) is 12.1 Å². The molecule has 1 unspecified atom stereocenters. The zero-order valence-corrected chi connectivity index (χ0v) is 12.5. The summed E-state index contributed by atoms with van der Waals surface area (Å²) in [5.74, 6) is -0.161. The third-order valence-corrected chi connectivity index (χ3v) is 3.66. The van der Waals surface area contributed by atoms with Crippen LogP contribution in [0.4, 0.5) is 18.0 Å². The highest BCUT2D eigenvalue weighted by molar-refractivity contribution is 5.74. The van der Waals surface area contributed by atoms with Gasteiger partial charge >= 0.3 is 12.2 Å². The minimum atomic E-state index is -4.48. The number of hydrogen-bond donors (Lipinski definition) is 2. The Bertz CT molecular complexity index is 537. The fourth-order valence-electron chi connectivity index (χ4n) is 2.42. The molecule has 1 fully saturated rings. The summed E-state index contributed by atoms with van der Waals surface area (Å²) in [5, 5.41) is 11.6. The first-order chi connectivity index (χ1) is 10.9. The van der Waals surface area contributed by atoms with Crippen LogP contribution in [0.25, 0.3) is 0 Å². The number of ether oxygens (including phenoxy) is 1. The quantitative estimate of drug-likeness (QED) is 0.812. The summed E-state index contributed by atoms with van der Waals surface area (Å²) >= 11 is 0. The van der Waals surface area contributed by atoms with E-state index in [1.54, 1.807) is 4.90 Å². The zero-order chi connectivity index (χ0) is 16.9. The topological polar surface area (TPSA) is 61.8 Å². The molecule has 1 aliphatic rings. The van der Waals surface area contributed by atoms with Gasteiger partial charge in [-0.05, 0) is 18.6 Å². The fourth-order valence-corrected chi connectivity index (χ4v) is 2.42. The Morgan fingerprint density at radius 3 is 2.78 bits per heavy atom. The minimum Gasteiger partial charge on any atom is -0.491 e. The highest BCUT2D eigenvalue weighted by atomic mass is 19.4. The Balaban J connectivity index is 1.77. The Morgan fingerprint density at radius 1 is 1.39 bits per heavy atom. The van der Waals surface area contributed by atoms with Crippen molar-refractivity contribution in [2.75, 3.05) is 32.8 Å². The molecule has 0 saturated carbocycles. The van der Waals surface area contributed by atoms with E-state index in [-0.39, 0.29) is 37.5 Å². The second kappa shape index (κ2) is 7.54. The number of amides is 2. The van der Waals surface area contributed by atoms with E-state index in [4.69, 9.17) is 9.84 Å². The first kappa shape index (κ1) is 17.4. The summed E-state index contributed by atoms with van der Waals surface area (Å²) in [4.78, 5) is 13.4. The molecule has 2 amide bonds. The number of para-hydroxylation sites is 1. The number of halogens is 3. The molecule has 1 saturated heterocycles. The number of likely N-dealkylation sites (tertiary alicyclic amines) is 1. The molecular weight excluding hydrogens is 313 g/mol. The Morgan fingerprint density at radius 2 is 2.13 bits per heavy atom. The molecule has 0 bridgehead atoms. The molecule has 0 aromatic heterocycles. The van der Waals surface area contributed by atoms with E-state index in [1.165, 1.54) is 18.2 Å². The van der Waals surface area contributed by atoms with Crippen LogP contribution in [-0.4, -0.2) is 48.9 Å². The largest absolute Gasteiger partial charge is 0.491 e. The Kier molecular flexibility index (Phi) is 5.70. The van der Waals surface area contributed by atoms with Crippen LogP contribution >= 0.6 is 0 Å². The van der Waals surface area contributed by atoms with E-state index in [1.807, 2.05) is 0 Å². The zero-order valence-electron chi connectivity index (χ0n) is 12.5. The van der Waals surface area contributed by atoms with Crippen molar-refractivity contribution >= 4 is 6.03 Å². The van der Waals surface area contributed by atoms with Gasteiger partial charge in [0.2, 0.25) is 0 Å². The van der Waals surface area contributed by atoms with Gasteiger partial charge in [0.05, 0.1) is 12.1 Å². The van der Waals surface area contributed by atoms with Crippen molar-refractivity contribution < 1.29 is 27.8 Å². The van der Waals surface area contributed by atoms with Crippen LogP contribution in [0.2, 0.25) is 0 Å².